The van der Waals surface area contributed by atoms with E-state index in [4.69, 9.17) is 43.2 Å². The first-order valence-corrected chi connectivity index (χ1v) is 7.25. The Morgan fingerprint density at radius 3 is 0.733 bits per heavy atom. The molecule has 0 bridgehead atoms. The summed E-state index contributed by atoms with van der Waals surface area (Å²) in [4.78, 5) is 0. The summed E-state index contributed by atoms with van der Waals surface area (Å²) in [6.07, 6.45) is 0. The first-order chi connectivity index (χ1) is 6.70. The Balaban J connectivity index is -0.000000153. The van der Waals surface area contributed by atoms with Crippen molar-refractivity contribution >= 4 is 20.3 Å². The van der Waals surface area contributed by atoms with E-state index in [-0.39, 0.29) is 24.2 Å². The summed E-state index contributed by atoms with van der Waals surface area (Å²) >= 11 is 0.382. The summed E-state index contributed by atoms with van der Waals surface area (Å²) in [7, 11) is 9.47. The zero-order valence-electron chi connectivity index (χ0n) is 9.40. The van der Waals surface area contributed by atoms with Gasteiger partial charge in [-0.2, -0.15) is 24.2 Å². The second kappa shape index (κ2) is 14.9. The summed E-state index contributed by atoms with van der Waals surface area (Å²) in [5.74, 6) is 0. The first kappa shape index (κ1) is 21.2. The van der Waals surface area contributed by atoms with Crippen molar-refractivity contribution in [3.63, 3.8) is 0 Å². The molecule has 99 valence electrons. The van der Waals surface area contributed by atoms with Gasteiger partial charge in [0.15, 0.2) is 0 Å². The average Bonchev–Trinajstić information content (AvgIpc) is 2.06. The molecular weight excluding hydrogens is 282 g/mol. The van der Waals surface area contributed by atoms with Gasteiger partial charge < -0.3 is 22.9 Å². The van der Waals surface area contributed by atoms with Crippen molar-refractivity contribution in [1.29, 1.82) is 0 Å². The van der Waals surface area contributed by atoms with E-state index in [2.05, 4.69) is 0 Å². The molecule has 0 heterocycles. The van der Waals surface area contributed by atoms with E-state index in [1.165, 1.54) is 0 Å². The fourth-order valence-electron chi connectivity index (χ4n) is 0. The van der Waals surface area contributed by atoms with Crippen molar-refractivity contribution in [3.8, 4) is 0 Å². The molecular formula is C8H20Cl2CoN4-4. The molecule has 0 fully saturated rings. The van der Waals surface area contributed by atoms with Crippen molar-refractivity contribution in [1.82, 2.24) is 0 Å². The summed E-state index contributed by atoms with van der Waals surface area (Å²) in [6.45, 7) is 6.88. The van der Waals surface area contributed by atoms with Gasteiger partial charge in [-0.25, -0.2) is 0 Å². The van der Waals surface area contributed by atoms with Crippen molar-refractivity contribution in [3.05, 3.63) is 22.9 Å². The van der Waals surface area contributed by atoms with E-state index in [1.54, 1.807) is 27.7 Å². The maximum absolute atomic E-state index is 6.84. The number of hydrogen-bond acceptors (Lipinski definition) is 0. The standard InChI is InChI=1S/2C4H10N2.2ClH.Co/c2*1-3(5)4(2)6;;;/h2*3-6H,1-2H3;2*1H;/q2*-2;;;+2/p-2. The van der Waals surface area contributed by atoms with Gasteiger partial charge in [0, 0.05) is 0 Å². The molecule has 4 atom stereocenters. The molecule has 0 aromatic heterocycles. The molecule has 0 aromatic rings. The third kappa shape index (κ3) is 31.3. The van der Waals surface area contributed by atoms with Crippen LogP contribution in [0.2, 0.25) is 0 Å². The van der Waals surface area contributed by atoms with Crippen molar-refractivity contribution in [2.24, 2.45) is 0 Å². The minimum absolute atomic E-state index is 0.231. The Bertz CT molecular complexity index is 88.8. The topological polar surface area (TPSA) is 95.2 Å². The van der Waals surface area contributed by atoms with Crippen LogP contribution in [0.1, 0.15) is 27.7 Å². The van der Waals surface area contributed by atoms with Crippen LogP contribution < -0.4 is 0 Å². The van der Waals surface area contributed by atoms with Gasteiger partial charge in [0.2, 0.25) is 0 Å². The molecule has 0 aliphatic carbocycles. The molecule has 0 aromatic carbocycles. The molecule has 0 amide bonds. The van der Waals surface area contributed by atoms with E-state index >= 15 is 0 Å². The third-order valence-corrected chi connectivity index (χ3v) is 1.50. The maximum atomic E-state index is 6.84. The second-order valence-corrected chi connectivity index (χ2v) is 4.92. The van der Waals surface area contributed by atoms with E-state index in [0.29, 0.717) is 12.9 Å². The molecule has 0 rings (SSSR count). The molecule has 4 unspecified atom stereocenters. The predicted molar refractivity (Wildman–Crippen MR) is 66.8 cm³/mol. The molecule has 4 N–H and O–H groups in total. The van der Waals surface area contributed by atoms with E-state index < -0.39 is 0 Å². The van der Waals surface area contributed by atoms with Crippen LogP contribution in [0.3, 0.4) is 0 Å². The molecule has 0 radical (unpaired) electrons. The molecule has 0 aliphatic rings. The second-order valence-electron chi connectivity index (χ2n) is 3.20. The van der Waals surface area contributed by atoms with Crippen molar-refractivity contribution in [2.45, 2.75) is 51.9 Å². The summed E-state index contributed by atoms with van der Waals surface area (Å²) in [6, 6.07) is -0.926. The van der Waals surface area contributed by atoms with Gasteiger partial charge in [-0.1, -0.05) is 27.7 Å². The Kier molecular flexibility index (Phi) is 21.1. The molecule has 7 heteroatoms. The quantitative estimate of drug-likeness (QED) is 0.677. The number of rotatable bonds is 2. The summed E-state index contributed by atoms with van der Waals surface area (Å²) < 4.78 is 0. The normalized spacial score (nSPS) is 17.5. The van der Waals surface area contributed by atoms with Crippen LogP contribution in [0.5, 0.6) is 0 Å². The van der Waals surface area contributed by atoms with Gasteiger partial charge in [-0.3, -0.25) is 0 Å². The number of nitrogens with one attached hydrogen (secondary N) is 4. The van der Waals surface area contributed by atoms with Crippen LogP contribution >= 0.6 is 20.3 Å². The Labute approximate surface area is 108 Å². The molecule has 0 saturated heterocycles. The van der Waals surface area contributed by atoms with Gasteiger partial charge in [0.1, 0.15) is 0 Å². The van der Waals surface area contributed by atoms with Crippen molar-refractivity contribution < 1.29 is 12.9 Å². The third-order valence-electron chi connectivity index (χ3n) is 1.50. The van der Waals surface area contributed by atoms with Crippen molar-refractivity contribution in [2.75, 3.05) is 0 Å². The molecule has 0 spiro atoms. The molecule has 15 heavy (non-hydrogen) atoms. The molecule has 0 aliphatic heterocycles. The van der Waals surface area contributed by atoms with Crippen LogP contribution in [0.4, 0.5) is 0 Å². The van der Waals surface area contributed by atoms with Crippen LogP contribution in [-0.2, 0) is 12.9 Å². The zero-order valence-corrected chi connectivity index (χ0v) is 12.0. The summed E-state index contributed by atoms with van der Waals surface area (Å²) in [5, 5.41) is 0. The minimum atomic E-state index is -0.231. The Morgan fingerprint density at radius 2 is 0.733 bits per heavy atom. The first-order valence-electron chi connectivity index (χ1n) is 4.38. The molecule has 0 saturated carbocycles. The van der Waals surface area contributed by atoms with Crippen LogP contribution in [0.25, 0.3) is 22.9 Å². The van der Waals surface area contributed by atoms with Gasteiger partial charge in [-0.05, 0) is 0 Å². The van der Waals surface area contributed by atoms with Gasteiger partial charge in [0.25, 0.3) is 0 Å². The zero-order chi connectivity index (χ0) is 13.0. The van der Waals surface area contributed by atoms with Crippen LogP contribution in [0, 0.1) is 0 Å². The monoisotopic (exact) mass is 301 g/mol. The van der Waals surface area contributed by atoms with E-state index in [9.17, 15) is 0 Å². The number of halogens is 2. The van der Waals surface area contributed by atoms with E-state index in [1.807, 2.05) is 0 Å². The molecule has 4 nitrogen and oxygen atoms in total. The van der Waals surface area contributed by atoms with E-state index in [0.717, 1.165) is 0 Å². The van der Waals surface area contributed by atoms with Gasteiger partial charge in [0.05, 0.1) is 0 Å². The predicted octanol–water partition coefficient (Wildman–Crippen LogP) is 5.11. The summed E-state index contributed by atoms with van der Waals surface area (Å²) in [5.41, 5.74) is 27.4. The fourth-order valence-corrected chi connectivity index (χ4v) is 0. The van der Waals surface area contributed by atoms with Crippen LogP contribution in [0.15, 0.2) is 0 Å². The Morgan fingerprint density at radius 1 is 0.667 bits per heavy atom. The Hall–Kier alpha value is 0.926. The average molecular weight is 302 g/mol. The SMILES string of the molecule is CC([NH-])C(C)[NH-].CC([NH-])C(C)[NH-].[Cl][Co][Cl]. The fraction of sp³-hybridized carbons (Fsp3) is 1.00. The van der Waals surface area contributed by atoms with Gasteiger partial charge in [-0.15, -0.1) is 0 Å². The number of hydrogen-bond donors (Lipinski definition) is 0. The van der Waals surface area contributed by atoms with Crippen LogP contribution in [-0.4, -0.2) is 24.2 Å². The van der Waals surface area contributed by atoms with Gasteiger partial charge >= 0.3 is 33.2 Å².